The molecule has 3 aromatic rings. The number of rotatable bonds is 7. The van der Waals surface area contributed by atoms with Gasteiger partial charge in [-0.1, -0.05) is 54.6 Å². The summed E-state index contributed by atoms with van der Waals surface area (Å²) < 4.78 is 1.86. The zero-order valence-electron chi connectivity index (χ0n) is 16.9. The predicted molar refractivity (Wildman–Crippen MR) is 114 cm³/mol. The molecule has 30 heavy (non-hydrogen) atoms. The number of benzene rings is 2. The molecule has 1 aliphatic rings. The van der Waals surface area contributed by atoms with Crippen molar-refractivity contribution in [3.8, 4) is 0 Å². The molecule has 1 N–H and O–H groups in total. The van der Waals surface area contributed by atoms with Crippen LogP contribution in [-0.2, 0) is 22.7 Å². The van der Waals surface area contributed by atoms with Crippen LogP contribution in [0.25, 0.3) is 0 Å². The van der Waals surface area contributed by atoms with Crippen molar-refractivity contribution in [3.63, 3.8) is 0 Å². The van der Waals surface area contributed by atoms with E-state index < -0.39 is 6.04 Å². The molecule has 1 aliphatic heterocycles. The maximum atomic E-state index is 13.3. The van der Waals surface area contributed by atoms with Crippen molar-refractivity contribution in [2.24, 2.45) is 0 Å². The molecule has 2 heterocycles. The number of likely N-dealkylation sites (tertiary alicyclic amines) is 1. The molecule has 6 heteroatoms. The second-order valence-electron chi connectivity index (χ2n) is 7.55. The third-order valence-electron chi connectivity index (χ3n) is 5.50. The molecule has 4 rings (SSSR count). The standard InChI is InChI=1S/C24H26N4O2/c29-22-13-6-7-16-28(22)23(19-9-2-1-3-10-19)24(30)25-17-20-11-4-5-12-21(20)18-27-15-8-14-26-27/h1-5,8-12,14-15,23H,6-7,13,16-18H2,(H,25,30). The molecule has 154 valence electrons. The van der Waals surface area contributed by atoms with E-state index in [-0.39, 0.29) is 11.8 Å². The number of hydrogen-bond donors (Lipinski definition) is 1. The normalized spacial score (nSPS) is 15.1. The van der Waals surface area contributed by atoms with Crippen molar-refractivity contribution in [1.82, 2.24) is 20.0 Å². The number of amides is 2. The first-order valence-corrected chi connectivity index (χ1v) is 10.4. The number of carbonyl (C=O) groups is 2. The number of piperidine rings is 1. The van der Waals surface area contributed by atoms with Crippen LogP contribution in [-0.4, -0.2) is 33.0 Å². The van der Waals surface area contributed by atoms with Gasteiger partial charge in [-0.2, -0.15) is 5.10 Å². The number of hydrogen-bond acceptors (Lipinski definition) is 3. The average Bonchev–Trinajstić information content (AvgIpc) is 3.29. The third-order valence-corrected chi connectivity index (χ3v) is 5.50. The molecule has 0 radical (unpaired) electrons. The van der Waals surface area contributed by atoms with E-state index in [0.717, 1.165) is 29.5 Å². The van der Waals surface area contributed by atoms with Gasteiger partial charge in [-0.3, -0.25) is 14.3 Å². The van der Waals surface area contributed by atoms with Crippen molar-refractivity contribution in [1.29, 1.82) is 0 Å². The largest absolute Gasteiger partial charge is 0.350 e. The smallest absolute Gasteiger partial charge is 0.247 e. The topological polar surface area (TPSA) is 67.2 Å². The van der Waals surface area contributed by atoms with Crippen LogP contribution in [0.15, 0.2) is 73.1 Å². The van der Waals surface area contributed by atoms with Crippen LogP contribution in [0.5, 0.6) is 0 Å². The van der Waals surface area contributed by atoms with Gasteiger partial charge in [0.25, 0.3) is 0 Å². The van der Waals surface area contributed by atoms with Gasteiger partial charge in [-0.05, 0) is 35.6 Å². The van der Waals surface area contributed by atoms with E-state index in [1.807, 2.05) is 71.5 Å². The van der Waals surface area contributed by atoms with Gasteiger partial charge < -0.3 is 10.2 Å². The molecule has 0 aliphatic carbocycles. The highest BCUT2D eigenvalue weighted by Crippen LogP contribution is 2.26. The fourth-order valence-electron chi connectivity index (χ4n) is 3.94. The molecule has 0 spiro atoms. The summed E-state index contributed by atoms with van der Waals surface area (Å²) in [5.41, 5.74) is 2.99. The first-order chi connectivity index (χ1) is 14.7. The van der Waals surface area contributed by atoms with Gasteiger partial charge >= 0.3 is 0 Å². The quantitative estimate of drug-likeness (QED) is 0.659. The van der Waals surface area contributed by atoms with Crippen LogP contribution < -0.4 is 5.32 Å². The summed E-state index contributed by atoms with van der Waals surface area (Å²) in [4.78, 5) is 27.5. The Morgan fingerprint density at radius 2 is 1.77 bits per heavy atom. The Morgan fingerprint density at radius 1 is 1.00 bits per heavy atom. The van der Waals surface area contributed by atoms with E-state index in [1.165, 1.54) is 0 Å². The molecule has 1 fully saturated rings. The number of carbonyl (C=O) groups excluding carboxylic acids is 2. The van der Waals surface area contributed by atoms with E-state index in [1.54, 1.807) is 11.1 Å². The fourth-order valence-corrected chi connectivity index (χ4v) is 3.94. The van der Waals surface area contributed by atoms with Crippen LogP contribution in [0.3, 0.4) is 0 Å². The fraction of sp³-hybridized carbons (Fsp3) is 0.292. The van der Waals surface area contributed by atoms with Crippen molar-refractivity contribution in [3.05, 3.63) is 89.7 Å². The van der Waals surface area contributed by atoms with Gasteiger partial charge in [-0.25, -0.2) is 0 Å². The van der Waals surface area contributed by atoms with E-state index in [2.05, 4.69) is 10.4 Å². The Balaban J connectivity index is 1.52. The lowest BCUT2D eigenvalue weighted by Gasteiger charge is -2.34. The van der Waals surface area contributed by atoms with Crippen LogP contribution in [0, 0.1) is 0 Å². The summed E-state index contributed by atoms with van der Waals surface area (Å²) in [6.45, 7) is 1.66. The third kappa shape index (κ3) is 4.59. The summed E-state index contributed by atoms with van der Waals surface area (Å²) in [6.07, 6.45) is 5.99. The first kappa shape index (κ1) is 19.9. The lowest BCUT2D eigenvalue weighted by atomic mass is 10.00. The SMILES string of the molecule is O=C(NCc1ccccc1Cn1cccn1)C(c1ccccc1)N1CCCCC1=O. The Labute approximate surface area is 176 Å². The van der Waals surface area contributed by atoms with E-state index in [4.69, 9.17) is 0 Å². The molecular weight excluding hydrogens is 376 g/mol. The summed E-state index contributed by atoms with van der Waals surface area (Å²) in [7, 11) is 0. The van der Waals surface area contributed by atoms with Gasteiger partial charge in [0.05, 0.1) is 6.54 Å². The van der Waals surface area contributed by atoms with Gasteiger partial charge in [0.1, 0.15) is 6.04 Å². The zero-order valence-corrected chi connectivity index (χ0v) is 16.9. The molecule has 1 unspecified atom stereocenters. The van der Waals surface area contributed by atoms with Crippen LogP contribution in [0.1, 0.15) is 42.0 Å². The van der Waals surface area contributed by atoms with Crippen molar-refractivity contribution in [2.45, 2.75) is 38.4 Å². The van der Waals surface area contributed by atoms with Gasteiger partial charge in [-0.15, -0.1) is 0 Å². The summed E-state index contributed by atoms with van der Waals surface area (Å²) >= 11 is 0. The average molecular weight is 402 g/mol. The lowest BCUT2D eigenvalue weighted by molar-refractivity contribution is -0.142. The Morgan fingerprint density at radius 3 is 2.50 bits per heavy atom. The van der Waals surface area contributed by atoms with E-state index in [9.17, 15) is 9.59 Å². The Kier molecular flexibility index (Phi) is 6.23. The van der Waals surface area contributed by atoms with Gasteiger partial charge in [0.2, 0.25) is 11.8 Å². The molecule has 2 amide bonds. The van der Waals surface area contributed by atoms with Crippen molar-refractivity contribution >= 4 is 11.8 Å². The Bertz CT molecular complexity index is 985. The van der Waals surface area contributed by atoms with E-state index >= 15 is 0 Å². The minimum atomic E-state index is -0.600. The molecule has 2 aromatic carbocycles. The maximum absolute atomic E-state index is 13.3. The van der Waals surface area contributed by atoms with Gasteiger partial charge in [0.15, 0.2) is 0 Å². The number of aromatic nitrogens is 2. The monoisotopic (exact) mass is 402 g/mol. The minimum Gasteiger partial charge on any atom is -0.350 e. The molecule has 0 bridgehead atoms. The number of nitrogens with one attached hydrogen (secondary N) is 1. The second-order valence-corrected chi connectivity index (χ2v) is 7.55. The zero-order chi connectivity index (χ0) is 20.8. The molecule has 6 nitrogen and oxygen atoms in total. The summed E-state index contributed by atoms with van der Waals surface area (Å²) in [6, 6.07) is 18.9. The molecule has 0 saturated carbocycles. The minimum absolute atomic E-state index is 0.0457. The molecular formula is C24H26N4O2. The van der Waals surface area contributed by atoms with Crippen LogP contribution in [0.2, 0.25) is 0 Å². The summed E-state index contributed by atoms with van der Waals surface area (Å²) in [5, 5.41) is 7.34. The highest BCUT2D eigenvalue weighted by molar-refractivity contribution is 5.89. The van der Waals surface area contributed by atoms with Crippen molar-refractivity contribution in [2.75, 3.05) is 6.54 Å². The lowest BCUT2D eigenvalue weighted by Crippen LogP contribution is -2.45. The highest BCUT2D eigenvalue weighted by Gasteiger charge is 2.32. The molecule has 1 aromatic heterocycles. The summed E-state index contributed by atoms with van der Waals surface area (Å²) in [5.74, 6) is -0.102. The highest BCUT2D eigenvalue weighted by atomic mass is 16.2. The van der Waals surface area contributed by atoms with Crippen LogP contribution in [0.4, 0.5) is 0 Å². The van der Waals surface area contributed by atoms with Crippen LogP contribution >= 0.6 is 0 Å². The predicted octanol–water partition coefficient (Wildman–Crippen LogP) is 3.30. The molecule has 1 saturated heterocycles. The van der Waals surface area contributed by atoms with E-state index in [0.29, 0.717) is 26.1 Å². The maximum Gasteiger partial charge on any atom is 0.247 e. The second kappa shape index (κ2) is 9.39. The first-order valence-electron chi connectivity index (χ1n) is 10.4. The van der Waals surface area contributed by atoms with Crippen molar-refractivity contribution < 1.29 is 9.59 Å². The van der Waals surface area contributed by atoms with Gasteiger partial charge in [0, 0.05) is 31.9 Å². The Hall–Kier alpha value is -3.41. The number of nitrogens with zero attached hydrogens (tertiary/aromatic N) is 3. The molecule has 1 atom stereocenters.